The molecule has 2 heterocycles. The van der Waals surface area contributed by atoms with E-state index in [0.717, 1.165) is 11.3 Å². The van der Waals surface area contributed by atoms with E-state index in [4.69, 9.17) is 14.9 Å². The van der Waals surface area contributed by atoms with Crippen molar-refractivity contribution in [3.8, 4) is 5.75 Å². The average Bonchev–Trinajstić information content (AvgIpc) is 2.95. The number of carbonyl (C=O) groups excluding carboxylic acids is 1. The predicted molar refractivity (Wildman–Crippen MR) is 82.6 cm³/mol. The second-order valence-electron chi connectivity index (χ2n) is 6.14. The van der Waals surface area contributed by atoms with E-state index >= 15 is 0 Å². The van der Waals surface area contributed by atoms with Crippen LogP contribution in [-0.4, -0.2) is 11.5 Å². The Morgan fingerprint density at radius 2 is 2.18 bits per heavy atom. The summed E-state index contributed by atoms with van der Waals surface area (Å²) in [6.45, 7) is 4.32. The Kier molecular flexibility index (Phi) is 3.66. The summed E-state index contributed by atoms with van der Waals surface area (Å²) in [5.41, 5.74) is 6.66. The van der Waals surface area contributed by atoms with Gasteiger partial charge in [-0.25, -0.2) is 0 Å². The van der Waals surface area contributed by atoms with Gasteiger partial charge in [0.25, 0.3) is 5.91 Å². The van der Waals surface area contributed by atoms with Crippen LogP contribution >= 0.6 is 0 Å². The van der Waals surface area contributed by atoms with E-state index in [-0.39, 0.29) is 24.1 Å². The minimum atomic E-state index is -0.328. The lowest BCUT2D eigenvalue weighted by atomic mass is 9.89. The number of amides is 1. The fourth-order valence-electron chi connectivity index (χ4n) is 2.78. The summed E-state index contributed by atoms with van der Waals surface area (Å²) < 4.78 is 11.2. The number of nitrogens with one attached hydrogen (secondary N) is 1. The van der Waals surface area contributed by atoms with Crippen LogP contribution in [0.3, 0.4) is 0 Å². The van der Waals surface area contributed by atoms with Crippen LogP contribution in [0, 0.1) is 0 Å². The predicted octanol–water partition coefficient (Wildman–Crippen LogP) is 2.77. The number of ether oxygens (including phenoxy) is 1. The molecule has 0 saturated carbocycles. The highest BCUT2D eigenvalue weighted by Crippen LogP contribution is 2.39. The summed E-state index contributed by atoms with van der Waals surface area (Å²) in [7, 11) is 0. The highest BCUT2D eigenvalue weighted by molar-refractivity contribution is 5.94. The number of hydrogen-bond acceptors (Lipinski definition) is 4. The number of rotatable bonds is 3. The van der Waals surface area contributed by atoms with Crippen molar-refractivity contribution in [1.29, 1.82) is 0 Å². The lowest BCUT2D eigenvalue weighted by Gasteiger charge is -2.37. The maximum absolute atomic E-state index is 12.4. The molecular formula is C17H20N2O3. The Bertz CT molecular complexity index is 691. The lowest BCUT2D eigenvalue weighted by Crippen LogP contribution is -2.41. The minimum absolute atomic E-state index is 0.0938. The molecule has 1 aliphatic rings. The molecule has 0 spiro atoms. The van der Waals surface area contributed by atoms with Crippen molar-refractivity contribution in [3.63, 3.8) is 0 Å². The van der Waals surface area contributed by atoms with E-state index in [2.05, 4.69) is 5.32 Å². The van der Waals surface area contributed by atoms with E-state index in [1.807, 2.05) is 38.1 Å². The third-order valence-electron chi connectivity index (χ3n) is 3.80. The SMILES string of the molecule is CC1(C)CC(NC(=O)c2coc(CN)c2)c2ccccc2O1. The normalized spacial score (nSPS) is 19.1. The number of para-hydroxylation sites is 1. The van der Waals surface area contributed by atoms with Gasteiger partial charge >= 0.3 is 0 Å². The van der Waals surface area contributed by atoms with Crippen LogP contribution in [0.1, 0.15) is 48.0 Å². The van der Waals surface area contributed by atoms with Crippen LogP contribution in [-0.2, 0) is 6.54 Å². The fraction of sp³-hybridized carbons (Fsp3) is 0.353. The maximum Gasteiger partial charge on any atom is 0.255 e. The van der Waals surface area contributed by atoms with Crippen molar-refractivity contribution in [1.82, 2.24) is 5.32 Å². The molecule has 0 aliphatic carbocycles. The van der Waals surface area contributed by atoms with E-state index in [9.17, 15) is 4.79 Å². The van der Waals surface area contributed by atoms with Gasteiger partial charge in [-0.05, 0) is 26.0 Å². The molecule has 1 aromatic heterocycles. The topological polar surface area (TPSA) is 77.5 Å². The largest absolute Gasteiger partial charge is 0.487 e. The highest BCUT2D eigenvalue weighted by atomic mass is 16.5. The molecule has 1 atom stereocenters. The maximum atomic E-state index is 12.4. The van der Waals surface area contributed by atoms with Gasteiger partial charge in [0.2, 0.25) is 0 Å². The van der Waals surface area contributed by atoms with E-state index in [1.165, 1.54) is 6.26 Å². The van der Waals surface area contributed by atoms with Crippen LogP contribution in [0.5, 0.6) is 5.75 Å². The smallest absolute Gasteiger partial charge is 0.255 e. The van der Waals surface area contributed by atoms with Gasteiger partial charge < -0.3 is 20.2 Å². The summed E-state index contributed by atoms with van der Waals surface area (Å²) in [5.74, 6) is 1.25. The van der Waals surface area contributed by atoms with E-state index in [0.29, 0.717) is 17.7 Å². The van der Waals surface area contributed by atoms with Crippen molar-refractivity contribution in [2.45, 2.75) is 38.5 Å². The Morgan fingerprint density at radius 1 is 1.41 bits per heavy atom. The zero-order valence-corrected chi connectivity index (χ0v) is 12.8. The van der Waals surface area contributed by atoms with Crippen molar-refractivity contribution in [2.75, 3.05) is 0 Å². The lowest BCUT2D eigenvalue weighted by molar-refractivity contribution is 0.0619. The first-order valence-corrected chi connectivity index (χ1v) is 7.35. The van der Waals surface area contributed by atoms with Crippen LogP contribution in [0.2, 0.25) is 0 Å². The number of benzene rings is 1. The second-order valence-corrected chi connectivity index (χ2v) is 6.14. The molecule has 116 valence electrons. The van der Waals surface area contributed by atoms with E-state index in [1.54, 1.807) is 6.07 Å². The summed E-state index contributed by atoms with van der Waals surface area (Å²) in [5, 5.41) is 3.06. The van der Waals surface area contributed by atoms with Gasteiger partial charge in [-0.1, -0.05) is 18.2 Å². The molecule has 3 N–H and O–H groups in total. The minimum Gasteiger partial charge on any atom is -0.487 e. The first-order chi connectivity index (χ1) is 10.5. The van der Waals surface area contributed by atoms with Crippen molar-refractivity contribution in [3.05, 3.63) is 53.5 Å². The molecule has 22 heavy (non-hydrogen) atoms. The summed E-state index contributed by atoms with van der Waals surface area (Å²) in [6.07, 6.45) is 2.14. The van der Waals surface area contributed by atoms with Gasteiger partial charge in [-0.2, -0.15) is 0 Å². The third kappa shape index (κ3) is 2.85. The molecule has 5 nitrogen and oxygen atoms in total. The molecule has 3 rings (SSSR count). The van der Waals surface area contributed by atoms with Gasteiger partial charge in [-0.3, -0.25) is 4.79 Å². The van der Waals surface area contributed by atoms with Crippen LogP contribution < -0.4 is 15.8 Å². The van der Waals surface area contributed by atoms with Gasteiger partial charge in [0, 0.05) is 12.0 Å². The van der Waals surface area contributed by atoms with Gasteiger partial charge in [0.15, 0.2) is 0 Å². The number of fused-ring (bicyclic) bond motifs is 1. The van der Waals surface area contributed by atoms with Gasteiger partial charge in [-0.15, -0.1) is 0 Å². The van der Waals surface area contributed by atoms with Crippen molar-refractivity contribution < 1.29 is 13.9 Å². The zero-order valence-electron chi connectivity index (χ0n) is 12.8. The molecule has 0 bridgehead atoms. The number of furan rings is 1. The molecule has 1 aliphatic heterocycles. The van der Waals surface area contributed by atoms with Crippen molar-refractivity contribution >= 4 is 5.91 Å². The number of hydrogen-bond donors (Lipinski definition) is 2. The zero-order chi connectivity index (χ0) is 15.7. The highest BCUT2D eigenvalue weighted by Gasteiger charge is 2.34. The standard InChI is InChI=1S/C17H20N2O3/c1-17(2)8-14(13-5-3-4-6-15(13)22-17)19-16(20)11-7-12(9-18)21-10-11/h3-7,10,14H,8-9,18H2,1-2H3,(H,19,20). The summed E-state index contributed by atoms with van der Waals surface area (Å²) in [4.78, 5) is 12.4. The molecule has 1 amide bonds. The second kappa shape index (κ2) is 5.50. The first-order valence-electron chi connectivity index (χ1n) is 7.35. The molecule has 0 fully saturated rings. The van der Waals surface area contributed by atoms with Crippen molar-refractivity contribution in [2.24, 2.45) is 5.73 Å². The molecule has 1 aromatic carbocycles. The third-order valence-corrected chi connectivity index (χ3v) is 3.80. The monoisotopic (exact) mass is 300 g/mol. The number of nitrogens with two attached hydrogens (primary N) is 1. The van der Waals surface area contributed by atoms with Gasteiger partial charge in [0.1, 0.15) is 23.4 Å². The molecule has 5 heteroatoms. The molecule has 0 saturated heterocycles. The molecule has 1 unspecified atom stereocenters. The molecular weight excluding hydrogens is 280 g/mol. The van der Waals surface area contributed by atoms with Crippen LogP contribution in [0.4, 0.5) is 0 Å². The summed E-state index contributed by atoms with van der Waals surface area (Å²) >= 11 is 0. The van der Waals surface area contributed by atoms with Crippen LogP contribution in [0.15, 0.2) is 41.0 Å². The molecule has 0 radical (unpaired) electrons. The molecule has 2 aromatic rings. The Labute approximate surface area is 129 Å². The van der Waals surface area contributed by atoms with Crippen LogP contribution in [0.25, 0.3) is 0 Å². The number of carbonyl (C=O) groups is 1. The average molecular weight is 300 g/mol. The quantitative estimate of drug-likeness (QED) is 0.913. The first kappa shape index (κ1) is 14.7. The Morgan fingerprint density at radius 3 is 2.91 bits per heavy atom. The van der Waals surface area contributed by atoms with Gasteiger partial charge in [0.05, 0.1) is 18.2 Å². The summed E-state index contributed by atoms with van der Waals surface area (Å²) in [6, 6.07) is 9.37. The Balaban J connectivity index is 1.83. The fourth-order valence-corrected chi connectivity index (χ4v) is 2.78. The Hall–Kier alpha value is -2.27. The van der Waals surface area contributed by atoms with E-state index < -0.39 is 0 Å².